The van der Waals surface area contributed by atoms with Gasteiger partial charge in [-0.2, -0.15) is 0 Å². The summed E-state index contributed by atoms with van der Waals surface area (Å²) in [5.41, 5.74) is -7.26. The first kappa shape index (κ1) is 15.3. The zero-order valence-electron chi connectivity index (χ0n) is 13.0. The molecule has 0 radical (unpaired) electrons. The lowest BCUT2D eigenvalue weighted by atomic mass is 9.43. The predicted molar refractivity (Wildman–Crippen MR) is 72.4 cm³/mol. The van der Waals surface area contributed by atoms with Gasteiger partial charge in [0, 0.05) is 6.42 Å². The molecule has 5 fully saturated rings. The van der Waals surface area contributed by atoms with E-state index >= 15 is 0 Å². The van der Waals surface area contributed by atoms with E-state index in [2.05, 4.69) is 0 Å². The first-order valence-electron chi connectivity index (χ1n) is 7.76. The Morgan fingerprint density at radius 2 is 1.64 bits per heavy atom. The largest absolute Gasteiger partial charge is 0.389 e. The lowest BCUT2D eigenvalue weighted by molar-refractivity contribution is -0.450. The minimum atomic E-state index is -2.04. The summed E-state index contributed by atoms with van der Waals surface area (Å²) in [6, 6.07) is 0. The van der Waals surface area contributed by atoms with Crippen LogP contribution in [0.15, 0.2) is 0 Å². The third kappa shape index (κ3) is 1.17. The van der Waals surface area contributed by atoms with Crippen LogP contribution in [0.2, 0.25) is 0 Å². The summed E-state index contributed by atoms with van der Waals surface area (Å²) in [6.07, 6.45) is -2.26. The maximum absolute atomic E-state index is 11.6. The summed E-state index contributed by atoms with van der Waals surface area (Å²) in [4.78, 5) is 0. The predicted octanol–water partition coefficient (Wildman–Crippen LogP) is -1.15. The van der Waals surface area contributed by atoms with Gasteiger partial charge >= 0.3 is 0 Å². The van der Waals surface area contributed by atoms with Gasteiger partial charge in [-0.3, -0.25) is 0 Å². The van der Waals surface area contributed by atoms with Crippen molar-refractivity contribution in [3.63, 3.8) is 0 Å². The molecule has 2 saturated carbocycles. The molecule has 0 aromatic heterocycles. The van der Waals surface area contributed by atoms with E-state index < -0.39 is 45.8 Å². The Labute approximate surface area is 128 Å². The van der Waals surface area contributed by atoms with Crippen molar-refractivity contribution in [1.29, 1.82) is 0 Å². The van der Waals surface area contributed by atoms with Crippen LogP contribution in [0.5, 0.6) is 0 Å². The molecule has 5 aliphatic rings. The molecule has 0 aromatic rings. The third-order valence-electron chi connectivity index (χ3n) is 7.45. The van der Waals surface area contributed by atoms with Gasteiger partial charge in [-0.25, -0.2) is 0 Å². The Hall–Kier alpha value is -0.280. The average Bonchev–Trinajstić information content (AvgIpc) is 2.53. The van der Waals surface area contributed by atoms with E-state index in [1.54, 1.807) is 13.8 Å². The van der Waals surface area contributed by atoms with Crippen LogP contribution in [0, 0.1) is 10.8 Å². The first-order valence-corrected chi connectivity index (χ1v) is 7.76. The molecule has 2 aliphatic carbocycles. The van der Waals surface area contributed by atoms with Crippen molar-refractivity contribution in [2.75, 3.05) is 6.61 Å². The molecule has 4 bridgehead atoms. The summed E-state index contributed by atoms with van der Waals surface area (Å²) in [5, 5.41) is 55.2. The summed E-state index contributed by atoms with van der Waals surface area (Å²) >= 11 is 0. The Balaban J connectivity index is 2.08. The maximum Gasteiger partial charge on any atom is 0.281 e. The molecule has 5 N–H and O–H groups in total. The number of aliphatic hydroxyl groups is 5. The summed E-state index contributed by atoms with van der Waals surface area (Å²) in [7, 11) is 0. The molecule has 0 aromatic carbocycles. The molecule has 126 valence electrons. The highest BCUT2D eigenvalue weighted by Gasteiger charge is 2.87. The Morgan fingerprint density at radius 3 is 2.27 bits per heavy atom. The maximum atomic E-state index is 11.6. The van der Waals surface area contributed by atoms with Crippen LogP contribution < -0.4 is 0 Å². The standard InChI is InChI=1S/C15H24O7/c1-10-7-21-15(20)6-13(8(16)9(22-15)12(10,3)18)11(2,17)4-5-14(10,13)19/h8-9,16-20H,4-7H2,1-3H3/t8-,9-,10-,11+,12+,13-,14+,15-/m1/s1. The van der Waals surface area contributed by atoms with E-state index in [1.807, 2.05) is 0 Å². The molecule has 3 aliphatic heterocycles. The highest BCUT2D eigenvalue weighted by molar-refractivity contribution is 5.33. The lowest BCUT2D eigenvalue weighted by Crippen LogP contribution is -2.83. The SMILES string of the molecule is C[C@@]12CO[C@]3(O)C[C@]4([C@H](O)[C@@H](O3)[C@]1(C)O)[C@]2(O)CC[C@]4(C)O. The molecule has 3 saturated heterocycles. The fourth-order valence-electron chi connectivity index (χ4n) is 5.77. The summed E-state index contributed by atoms with van der Waals surface area (Å²) in [6.45, 7) is 4.58. The quantitative estimate of drug-likeness (QED) is 0.382. The van der Waals surface area contributed by atoms with Gasteiger partial charge in [-0.1, -0.05) is 6.92 Å². The minimum absolute atomic E-state index is 0.131. The van der Waals surface area contributed by atoms with Crippen molar-refractivity contribution >= 4 is 0 Å². The van der Waals surface area contributed by atoms with Crippen molar-refractivity contribution < 1.29 is 35.0 Å². The second-order valence-electron chi connectivity index (χ2n) is 8.25. The van der Waals surface area contributed by atoms with Crippen LogP contribution >= 0.6 is 0 Å². The molecular weight excluding hydrogens is 292 g/mol. The summed E-state index contributed by atoms with van der Waals surface area (Å²) in [5.74, 6) is -2.04. The number of hydrogen-bond donors (Lipinski definition) is 5. The minimum Gasteiger partial charge on any atom is -0.389 e. The second kappa shape index (κ2) is 3.54. The van der Waals surface area contributed by atoms with Gasteiger partial charge < -0.3 is 35.0 Å². The van der Waals surface area contributed by atoms with Crippen molar-refractivity contribution in [3.8, 4) is 0 Å². The van der Waals surface area contributed by atoms with Crippen molar-refractivity contribution in [1.82, 2.24) is 0 Å². The highest BCUT2D eigenvalue weighted by atomic mass is 16.8. The Kier molecular flexibility index (Phi) is 2.45. The van der Waals surface area contributed by atoms with Crippen LogP contribution in [0.25, 0.3) is 0 Å². The number of ether oxygens (including phenoxy) is 2. The molecule has 3 heterocycles. The molecule has 1 spiro atoms. The van der Waals surface area contributed by atoms with Gasteiger partial charge in [0.1, 0.15) is 11.7 Å². The molecule has 0 unspecified atom stereocenters. The lowest BCUT2D eigenvalue weighted by Gasteiger charge is -2.68. The Bertz CT molecular complexity index is 548. The van der Waals surface area contributed by atoms with E-state index in [4.69, 9.17) is 9.47 Å². The van der Waals surface area contributed by atoms with Crippen LogP contribution in [0.4, 0.5) is 0 Å². The number of aliphatic hydroxyl groups excluding tert-OH is 1. The molecular formula is C15H24O7. The molecule has 7 nitrogen and oxygen atoms in total. The topological polar surface area (TPSA) is 120 Å². The van der Waals surface area contributed by atoms with Crippen molar-refractivity contribution in [3.05, 3.63) is 0 Å². The van der Waals surface area contributed by atoms with Crippen LogP contribution in [-0.2, 0) is 9.47 Å². The highest BCUT2D eigenvalue weighted by Crippen LogP contribution is 2.74. The number of fused-ring (bicyclic) bond motifs is 1. The fraction of sp³-hybridized carbons (Fsp3) is 1.00. The molecule has 7 heteroatoms. The van der Waals surface area contributed by atoms with Gasteiger partial charge in [0.15, 0.2) is 0 Å². The number of rotatable bonds is 0. The third-order valence-corrected chi connectivity index (χ3v) is 7.45. The molecule has 0 amide bonds. The van der Waals surface area contributed by atoms with Gasteiger partial charge in [0.2, 0.25) is 0 Å². The van der Waals surface area contributed by atoms with E-state index in [-0.39, 0.29) is 25.9 Å². The monoisotopic (exact) mass is 316 g/mol. The van der Waals surface area contributed by atoms with Crippen molar-refractivity contribution in [2.24, 2.45) is 10.8 Å². The van der Waals surface area contributed by atoms with Gasteiger partial charge in [0.05, 0.1) is 34.7 Å². The fourth-order valence-corrected chi connectivity index (χ4v) is 5.77. The normalized spacial score (nSPS) is 69.8. The molecule has 5 rings (SSSR count). The first-order chi connectivity index (χ1) is 9.87. The van der Waals surface area contributed by atoms with E-state index in [9.17, 15) is 25.5 Å². The van der Waals surface area contributed by atoms with E-state index in [0.29, 0.717) is 0 Å². The zero-order valence-corrected chi connectivity index (χ0v) is 13.0. The van der Waals surface area contributed by atoms with E-state index in [0.717, 1.165) is 0 Å². The van der Waals surface area contributed by atoms with Gasteiger partial charge in [0.25, 0.3) is 5.97 Å². The Morgan fingerprint density at radius 1 is 1.00 bits per heavy atom. The smallest absolute Gasteiger partial charge is 0.281 e. The van der Waals surface area contributed by atoms with Crippen molar-refractivity contribution in [2.45, 2.75) is 75.0 Å². The van der Waals surface area contributed by atoms with E-state index in [1.165, 1.54) is 6.92 Å². The number of hydrogen-bond acceptors (Lipinski definition) is 7. The van der Waals surface area contributed by atoms with Gasteiger partial charge in [-0.05, 0) is 26.7 Å². The van der Waals surface area contributed by atoms with Crippen LogP contribution in [-0.4, -0.2) is 67.1 Å². The second-order valence-corrected chi connectivity index (χ2v) is 8.25. The van der Waals surface area contributed by atoms with Crippen LogP contribution in [0.3, 0.4) is 0 Å². The summed E-state index contributed by atoms with van der Waals surface area (Å²) < 4.78 is 11.0. The molecule has 22 heavy (non-hydrogen) atoms. The molecule has 8 atom stereocenters. The van der Waals surface area contributed by atoms with Gasteiger partial charge in [-0.15, -0.1) is 0 Å². The van der Waals surface area contributed by atoms with Crippen LogP contribution in [0.1, 0.15) is 40.0 Å². The zero-order chi connectivity index (χ0) is 16.4. The average molecular weight is 316 g/mol.